The molecular formula is C14H8Cl3F3O. The first-order valence-corrected chi connectivity index (χ1v) is 6.99. The van der Waals surface area contributed by atoms with Gasteiger partial charge in [0.1, 0.15) is 5.75 Å². The van der Waals surface area contributed by atoms with Gasteiger partial charge in [0.25, 0.3) is 0 Å². The minimum atomic E-state index is -4.52. The van der Waals surface area contributed by atoms with Gasteiger partial charge in [0.15, 0.2) is 5.75 Å². The fourth-order valence-electron chi connectivity index (χ4n) is 1.63. The first-order chi connectivity index (χ1) is 9.81. The number of halogens is 6. The van der Waals surface area contributed by atoms with Gasteiger partial charge in [-0.3, -0.25) is 0 Å². The van der Waals surface area contributed by atoms with Crippen molar-refractivity contribution in [2.24, 2.45) is 0 Å². The van der Waals surface area contributed by atoms with Crippen LogP contribution < -0.4 is 4.74 Å². The summed E-state index contributed by atoms with van der Waals surface area (Å²) in [6.45, 7) is 0. The Morgan fingerprint density at radius 2 is 1.62 bits per heavy atom. The van der Waals surface area contributed by atoms with Gasteiger partial charge in [-0.1, -0.05) is 35.3 Å². The molecule has 0 aliphatic carbocycles. The standard InChI is InChI=1S/C14H8Cl3F3O/c15-7-8-2-1-3-10(4-8)21-13-11(16)5-9(6-12(13)17)14(18,19)20/h1-6H,7H2. The molecule has 0 atom stereocenters. The van der Waals surface area contributed by atoms with E-state index in [9.17, 15) is 13.2 Å². The summed E-state index contributed by atoms with van der Waals surface area (Å²) in [7, 11) is 0. The van der Waals surface area contributed by atoms with Crippen molar-refractivity contribution in [1.82, 2.24) is 0 Å². The molecule has 0 N–H and O–H groups in total. The number of hydrogen-bond acceptors (Lipinski definition) is 1. The minimum Gasteiger partial charge on any atom is -0.454 e. The second-order valence-corrected chi connectivity index (χ2v) is 5.23. The average Bonchev–Trinajstić information content (AvgIpc) is 2.42. The molecule has 0 unspecified atom stereocenters. The maximum atomic E-state index is 12.6. The number of alkyl halides is 4. The summed E-state index contributed by atoms with van der Waals surface area (Å²) >= 11 is 17.4. The predicted molar refractivity (Wildman–Crippen MR) is 77.5 cm³/mol. The lowest BCUT2D eigenvalue weighted by Gasteiger charge is -2.13. The van der Waals surface area contributed by atoms with E-state index in [1.165, 1.54) is 0 Å². The molecule has 0 saturated carbocycles. The Hall–Kier alpha value is -1.10. The van der Waals surface area contributed by atoms with Crippen molar-refractivity contribution >= 4 is 34.8 Å². The van der Waals surface area contributed by atoms with Gasteiger partial charge in [0.2, 0.25) is 0 Å². The molecule has 0 bridgehead atoms. The highest BCUT2D eigenvalue weighted by Gasteiger charge is 2.32. The third kappa shape index (κ3) is 3.96. The molecule has 0 spiro atoms. The lowest BCUT2D eigenvalue weighted by atomic mass is 10.2. The zero-order valence-corrected chi connectivity index (χ0v) is 12.6. The molecule has 7 heteroatoms. The fraction of sp³-hybridized carbons (Fsp3) is 0.143. The quantitative estimate of drug-likeness (QED) is 0.568. The molecule has 0 aromatic heterocycles. The van der Waals surface area contributed by atoms with Gasteiger partial charge in [0.05, 0.1) is 15.6 Å². The number of ether oxygens (including phenoxy) is 1. The first kappa shape index (κ1) is 16.3. The van der Waals surface area contributed by atoms with Gasteiger partial charge in [-0.15, -0.1) is 11.6 Å². The molecule has 0 amide bonds. The van der Waals surface area contributed by atoms with E-state index in [-0.39, 0.29) is 21.7 Å². The van der Waals surface area contributed by atoms with Crippen LogP contribution in [0, 0.1) is 0 Å². The van der Waals surface area contributed by atoms with Crippen LogP contribution in [0.2, 0.25) is 10.0 Å². The molecule has 21 heavy (non-hydrogen) atoms. The van der Waals surface area contributed by atoms with Crippen LogP contribution in [0.1, 0.15) is 11.1 Å². The Morgan fingerprint density at radius 3 is 2.14 bits per heavy atom. The summed E-state index contributed by atoms with van der Waals surface area (Å²) in [6, 6.07) is 8.31. The molecule has 2 aromatic rings. The second-order valence-electron chi connectivity index (χ2n) is 4.15. The minimum absolute atomic E-state index is 0.0296. The van der Waals surface area contributed by atoms with E-state index >= 15 is 0 Å². The zero-order chi connectivity index (χ0) is 15.6. The zero-order valence-electron chi connectivity index (χ0n) is 10.3. The summed E-state index contributed by atoms with van der Waals surface area (Å²) in [4.78, 5) is 0. The lowest BCUT2D eigenvalue weighted by Crippen LogP contribution is -2.05. The van der Waals surface area contributed by atoms with Crippen molar-refractivity contribution in [3.05, 3.63) is 57.6 Å². The van der Waals surface area contributed by atoms with Crippen molar-refractivity contribution < 1.29 is 17.9 Å². The van der Waals surface area contributed by atoms with E-state index in [1.54, 1.807) is 24.3 Å². The monoisotopic (exact) mass is 354 g/mol. The molecule has 0 aliphatic heterocycles. The molecule has 0 saturated heterocycles. The third-order valence-corrected chi connectivity index (χ3v) is 3.47. The summed E-state index contributed by atoms with van der Waals surface area (Å²) < 4.78 is 43.4. The molecule has 2 aromatic carbocycles. The number of benzene rings is 2. The highest BCUT2D eigenvalue weighted by Crippen LogP contribution is 2.41. The second kappa shape index (κ2) is 6.34. The maximum Gasteiger partial charge on any atom is 0.416 e. The summed E-state index contributed by atoms with van der Waals surface area (Å²) in [5.74, 6) is 0.640. The van der Waals surface area contributed by atoms with Crippen LogP contribution in [-0.2, 0) is 12.1 Å². The molecule has 0 fully saturated rings. The van der Waals surface area contributed by atoms with Crippen LogP contribution in [0.4, 0.5) is 13.2 Å². The SMILES string of the molecule is FC(F)(F)c1cc(Cl)c(Oc2cccc(CCl)c2)c(Cl)c1. The van der Waals surface area contributed by atoms with E-state index < -0.39 is 11.7 Å². The Kier molecular flexibility index (Phi) is 4.91. The largest absolute Gasteiger partial charge is 0.454 e. The third-order valence-electron chi connectivity index (χ3n) is 2.60. The lowest BCUT2D eigenvalue weighted by molar-refractivity contribution is -0.137. The Labute approximate surface area is 134 Å². The summed E-state index contributed by atoms with van der Waals surface area (Å²) in [6.07, 6.45) is -4.52. The van der Waals surface area contributed by atoms with Crippen LogP contribution in [0.15, 0.2) is 36.4 Å². The molecule has 0 radical (unpaired) electrons. The van der Waals surface area contributed by atoms with Gasteiger partial charge < -0.3 is 4.74 Å². The van der Waals surface area contributed by atoms with Crippen molar-refractivity contribution in [1.29, 1.82) is 0 Å². The molecule has 112 valence electrons. The molecule has 0 aliphatic rings. The van der Waals surface area contributed by atoms with Gasteiger partial charge in [0, 0.05) is 5.88 Å². The Morgan fingerprint density at radius 1 is 1.00 bits per heavy atom. The van der Waals surface area contributed by atoms with Crippen molar-refractivity contribution in [2.45, 2.75) is 12.1 Å². The van der Waals surface area contributed by atoms with E-state index in [2.05, 4.69) is 0 Å². The van der Waals surface area contributed by atoms with E-state index in [0.29, 0.717) is 5.75 Å². The van der Waals surface area contributed by atoms with Crippen LogP contribution in [-0.4, -0.2) is 0 Å². The van der Waals surface area contributed by atoms with Crippen LogP contribution in [0.3, 0.4) is 0 Å². The molecular weight excluding hydrogens is 348 g/mol. The van der Waals surface area contributed by atoms with Crippen LogP contribution in [0.5, 0.6) is 11.5 Å². The number of hydrogen-bond donors (Lipinski definition) is 0. The molecule has 1 nitrogen and oxygen atoms in total. The van der Waals surface area contributed by atoms with Crippen LogP contribution in [0.25, 0.3) is 0 Å². The highest BCUT2D eigenvalue weighted by atomic mass is 35.5. The topological polar surface area (TPSA) is 9.23 Å². The van der Waals surface area contributed by atoms with Gasteiger partial charge in [-0.05, 0) is 29.8 Å². The fourth-order valence-corrected chi connectivity index (χ4v) is 2.36. The van der Waals surface area contributed by atoms with Crippen molar-refractivity contribution in [3.63, 3.8) is 0 Å². The van der Waals surface area contributed by atoms with Gasteiger partial charge >= 0.3 is 6.18 Å². The summed E-state index contributed by atoms with van der Waals surface area (Å²) in [5.41, 5.74) is -0.132. The number of rotatable bonds is 3. The smallest absolute Gasteiger partial charge is 0.416 e. The van der Waals surface area contributed by atoms with Crippen LogP contribution >= 0.6 is 34.8 Å². The van der Waals surface area contributed by atoms with E-state index in [0.717, 1.165) is 17.7 Å². The summed E-state index contributed by atoms with van der Waals surface area (Å²) in [5, 5.41) is -0.433. The van der Waals surface area contributed by atoms with Crippen molar-refractivity contribution in [3.8, 4) is 11.5 Å². The highest BCUT2D eigenvalue weighted by molar-refractivity contribution is 6.37. The molecule has 0 heterocycles. The van der Waals surface area contributed by atoms with E-state index in [1.807, 2.05) is 0 Å². The molecule has 2 rings (SSSR count). The van der Waals surface area contributed by atoms with Gasteiger partial charge in [-0.2, -0.15) is 13.2 Å². The van der Waals surface area contributed by atoms with Crippen molar-refractivity contribution in [2.75, 3.05) is 0 Å². The predicted octanol–water partition coefficient (Wildman–Crippen LogP) is 6.54. The van der Waals surface area contributed by atoms with E-state index in [4.69, 9.17) is 39.5 Å². The first-order valence-electron chi connectivity index (χ1n) is 5.70. The Bertz CT molecular complexity index is 633. The van der Waals surface area contributed by atoms with Gasteiger partial charge in [-0.25, -0.2) is 0 Å². The Balaban J connectivity index is 2.36. The average molecular weight is 356 g/mol. The normalized spacial score (nSPS) is 11.5. The maximum absolute atomic E-state index is 12.6.